The number of carbonyl (C=O) groups excluding carboxylic acids is 1. The highest BCUT2D eigenvalue weighted by Gasteiger charge is 2.13. The Balaban J connectivity index is 1.56. The van der Waals surface area contributed by atoms with Crippen LogP contribution in [0.25, 0.3) is 0 Å². The van der Waals surface area contributed by atoms with E-state index in [0.29, 0.717) is 18.2 Å². The zero-order chi connectivity index (χ0) is 18.2. The van der Waals surface area contributed by atoms with E-state index < -0.39 is 0 Å². The molecule has 1 aliphatic rings. The maximum atomic E-state index is 12.4. The van der Waals surface area contributed by atoms with Crippen LogP contribution in [0.15, 0.2) is 42.7 Å². The number of amides is 1. The van der Waals surface area contributed by atoms with E-state index in [1.54, 1.807) is 19.5 Å². The molecule has 3 rings (SSSR count). The summed E-state index contributed by atoms with van der Waals surface area (Å²) < 4.78 is 5.14. The van der Waals surface area contributed by atoms with Gasteiger partial charge in [-0.3, -0.25) is 9.78 Å². The molecule has 2 aromatic rings. The van der Waals surface area contributed by atoms with E-state index in [-0.39, 0.29) is 5.91 Å². The van der Waals surface area contributed by atoms with Crippen LogP contribution in [0.1, 0.15) is 54.4 Å². The van der Waals surface area contributed by atoms with Gasteiger partial charge in [0.15, 0.2) is 0 Å². The van der Waals surface area contributed by atoms with Gasteiger partial charge < -0.3 is 15.4 Å². The summed E-state index contributed by atoms with van der Waals surface area (Å²) >= 11 is 0. The second-order valence-corrected chi connectivity index (χ2v) is 6.83. The summed E-state index contributed by atoms with van der Waals surface area (Å²) in [6.07, 6.45) is 11.0. The van der Waals surface area contributed by atoms with Crippen molar-refractivity contribution in [3.63, 3.8) is 0 Å². The van der Waals surface area contributed by atoms with Gasteiger partial charge >= 0.3 is 0 Å². The van der Waals surface area contributed by atoms with Crippen molar-refractivity contribution in [3.8, 4) is 5.75 Å². The Hall–Kier alpha value is -2.56. The first kappa shape index (κ1) is 18.2. The summed E-state index contributed by atoms with van der Waals surface area (Å²) in [6, 6.07) is 10.0. The lowest BCUT2D eigenvalue weighted by molar-refractivity contribution is 0.0950. The number of anilines is 1. The molecule has 1 heterocycles. The van der Waals surface area contributed by atoms with Gasteiger partial charge in [-0.1, -0.05) is 37.8 Å². The third-order valence-corrected chi connectivity index (χ3v) is 4.84. The van der Waals surface area contributed by atoms with Crippen LogP contribution in [0.5, 0.6) is 5.75 Å². The number of benzene rings is 1. The highest BCUT2D eigenvalue weighted by Crippen LogP contribution is 2.21. The minimum absolute atomic E-state index is 0.113. The van der Waals surface area contributed by atoms with Crippen LogP contribution in [0, 0.1) is 0 Å². The molecule has 1 aromatic heterocycles. The van der Waals surface area contributed by atoms with Crippen molar-refractivity contribution in [3.05, 3.63) is 53.9 Å². The van der Waals surface area contributed by atoms with Crippen LogP contribution in [0.4, 0.5) is 5.69 Å². The van der Waals surface area contributed by atoms with Crippen molar-refractivity contribution in [1.82, 2.24) is 10.3 Å². The number of aromatic nitrogens is 1. The van der Waals surface area contributed by atoms with Gasteiger partial charge in [0.05, 0.1) is 18.4 Å². The molecule has 1 aliphatic carbocycles. The molecule has 0 spiro atoms. The number of carbonyl (C=O) groups is 1. The number of ether oxygens (including phenoxy) is 1. The molecule has 0 bridgehead atoms. The molecule has 0 atom stereocenters. The average Bonchev–Trinajstić information content (AvgIpc) is 2.95. The Morgan fingerprint density at radius 3 is 2.54 bits per heavy atom. The quantitative estimate of drug-likeness (QED) is 0.766. The first-order chi connectivity index (χ1) is 12.7. The summed E-state index contributed by atoms with van der Waals surface area (Å²) in [4.78, 5) is 16.7. The van der Waals surface area contributed by atoms with E-state index in [4.69, 9.17) is 4.74 Å². The number of methoxy groups -OCH3 is 1. The van der Waals surface area contributed by atoms with E-state index in [1.165, 1.54) is 38.5 Å². The molecule has 0 unspecified atom stereocenters. The lowest BCUT2D eigenvalue weighted by Gasteiger charge is -2.17. The van der Waals surface area contributed by atoms with Crippen LogP contribution in [-0.4, -0.2) is 24.0 Å². The summed E-state index contributed by atoms with van der Waals surface area (Å²) in [5.41, 5.74) is 2.53. The average molecular weight is 353 g/mol. The lowest BCUT2D eigenvalue weighted by atomic mass is 10.1. The number of rotatable bonds is 6. The first-order valence-corrected chi connectivity index (χ1v) is 9.37. The van der Waals surface area contributed by atoms with Gasteiger partial charge in [0.25, 0.3) is 5.91 Å². The van der Waals surface area contributed by atoms with Gasteiger partial charge in [0, 0.05) is 25.0 Å². The second kappa shape index (κ2) is 9.22. The maximum absolute atomic E-state index is 12.4. The zero-order valence-corrected chi connectivity index (χ0v) is 15.3. The molecular weight excluding hydrogens is 326 g/mol. The second-order valence-electron chi connectivity index (χ2n) is 6.83. The molecule has 1 saturated carbocycles. The predicted octanol–water partition coefficient (Wildman–Crippen LogP) is 4.15. The minimum atomic E-state index is -0.113. The van der Waals surface area contributed by atoms with Gasteiger partial charge in [-0.2, -0.15) is 0 Å². The third-order valence-electron chi connectivity index (χ3n) is 4.84. The van der Waals surface area contributed by atoms with Crippen molar-refractivity contribution in [2.24, 2.45) is 0 Å². The molecule has 1 amide bonds. The van der Waals surface area contributed by atoms with Crippen LogP contribution >= 0.6 is 0 Å². The fraction of sp³-hybridized carbons (Fsp3) is 0.429. The van der Waals surface area contributed by atoms with Crippen LogP contribution in [-0.2, 0) is 6.54 Å². The molecule has 2 N–H and O–H groups in total. The van der Waals surface area contributed by atoms with Gasteiger partial charge in [0.1, 0.15) is 5.75 Å². The van der Waals surface area contributed by atoms with Crippen molar-refractivity contribution in [2.45, 2.75) is 51.1 Å². The predicted molar refractivity (Wildman–Crippen MR) is 104 cm³/mol. The molecule has 1 aromatic carbocycles. The highest BCUT2D eigenvalue weighted by molar-refractivity contribution is 5.94. The molecule has 0 saturated heterocycles. The first-order valence-electron chi connectivity index (χ1n) is 9.37. The van der Waals surface area contributed by atoms with Crippen LogP contribution in [0.3, 0.4) is 0 Å². The highest BCUT2D eigenvalue weighted by atomic mass is 16.5. The van der Waals surface area contributed by atoms with Crippen molar-refractivity contribution in [2.75, 3.05) is 12.4 Å². The van der Waals surface area contributed by atoms with E-state index in [2.05, 4.69) is 15.6 Å². The monoisotopic (exact) mass is 353 g/mol. The van der Waals surface area contributed by atoms with Gasteiger partial charge in [-0.05, 0) is 36.6 Å². The lowest BCUT2D eigenvalue weighted by Crippen LogP contribution is -2.23. The topological polar surface area (TPSA) is 63.2 Å². The van der Waals surface area contributed by atoms with Crippen LogP contribution < -0.4 is 15.4 Å². The fourth-order valence-corrected chi connectivity index (χ4v) is 3.33. The maximum Gasteiger partial charge on any atom is 0.253 e. The Kier molecular flexibility index (Phi) is 6.47. The molecule has 5 nitrogen and oxygen atoms in total. The van der Waals surface area contributed by atoms with Gasteiger partial charge in [-0.25, -0.2) is 0 Å². The number of pyridine rings is 1. The number of hydrogen-bond donors (Lipinski definition) is 2. The van der Waals surface area contributed by atoms with E-state index >= 15 is 0 Å². The molecule has 1 fully saturated rings. The summed E-state index contributed by atoms with van der Waals surface area (Å²) in [7, 11) is 1.64. The van der Waals surface area contributed by atoms with Crippen molar-refractivity contribution >= 4 is 11.6 Å². The minimum Gasteiger partial charge on any atom is -0.497 e. The fourth-order valence-electron chi connectivity index (χ4n) is 3.33. The molecule has 26 heavy (non-hydrogen) atoms. The molecule has 138 valence electrons. The summed E-state index contributed by atoms with van der Waals surface area (Å²) in [6.45, 7) is 0.475. The van der Waals surface area contributed by atoms with Crippen molar-refractivity contribution < 1.29 is 9.53 Å². The Bertz CT molecular complexity index is 707. The number of hydrogen-bond acceptors (Lipinski definition) is 4. The smallest absolute Gasteiger partial charge is 0.253 e. The van der Waals surface area contributed by atoms with Crippen LogP contribution in [0.2, 0.25) is 0 Å². The largest absolute Gasteiger partial charge is 0.497 e. The van der Waals surface area contributed by atoms with E-state index in [0.717, 1.165) is 17.0 Å². The zero-order valence-electron chi connectivity index (χ0n) is 15.3. The Morgan fingerprint density at radius 2 is 1.85 bits per heavy atom. The number of nitrogens with one attached hydrogen (secondary N) is 2. The third kappa shape index (κ3) is 5.22. The Morgan fingerprint density at radius 1 is 1.12 bits per heavy atom. The van der Waals surface area contributed by atoms with E-state index in [1.807, 2.05) is 30.3 Å². The Labute approximate surface area is 155 Å². The summed E-state index contributed by atoms with van der Waals surface area (Å²) in [5.74, 6) is 0.694. The molecule has 0 radical (unpaired) electrons. The normalized spacial score (nSPS) is 15.1. The number of nitrogens with zero attached hydrogens (tertiary/aromatic N) is 1. The molecule has 5 heteroatoms. The molecular formula is C21H27N3O2. The molecule has 0 aliphatic heterocycles. The van der Waals surface area contributed by atoms with Gasteiger partial charge in [-0.15, -0.1) is 0 Å². The van der Waals surface area contributed by atoms with Crippen molar-refractivity contribution in [1.29, 1.82) is 0 Å². The van der Waals surface area contributed by atoms with E-state index in [9.17, 15) is 4.79 Å². The SMILES string of the molecule is COc1ccc(CNC(=O)c2cncc(NC3CCCCCC3)c2)cc1. The van der Waals surface area contributed by atoms with Gasteiger partial charge in [0.2, 0.25) is 0 Å². The standard InChI is InChI=1S/C21H27N3O2/c1-26-20-10-8-16(9-11-20)13-23-21(25)17-12-19(15-22-14-17)24-18-6-4-2-3-5-7-18/h8-12,14-15,18,24H,2-7,13H2,1H3,(H,23,25). The summed E-state index contributed by atoms with van der Waals surface area (Å²) in [5, 5.41) is 6.49.